The van der Waals surface area contributed by atoms with Gasteiger partial charge >= 0.3 is 0 Å². The van der Waals surface area contributed by atoms with E-state index in [2.05, 4.69) is 22.4 Å². The van der Waals surface area contributed by atoms with Crippen molar-refractivity contribution >= 4 is 29.3 Å². The Hall–Kier alpha value is -3.41. The lowest BCUT2D eigenvalue weighted by molar-refractivity contribution is -0.136. The molecule has 0 radical (unpaired) electrons. The standard InChI is InChI=1S/C30H33ClN4O4/c1-39-21-8-9-24(25(31)17-21)30(19-32)12-15-34(16-13-30)14-3-2-5-20-6-4-7-22-23(20)18-35(29(22)38)26-10-11-27(36)33-28(26)37/h4,6-9,17,26H,2-3,5,10-16,18H2,1H3,(H,33,36,37). The number of halogens is 1. The van der Waals surface area contributed by atoms with E-state index in [1.807, 2.05) is 24.3 Å². The number of rotatable bonds is 8. The van der Waals surface area contributed by atoms with Crippen molar-refractivity contribution in [3.63, 3.8) is 0 Å². The number of imide groups is 1. The summed E-state index contributed by atoms with van der Waals surface area (Å²) in [6.45, 7) is 3.04. The molecule has 0 aliphatic carbocycles. The van der Waals surface area contributed by atoms with Gasteiger partial charge in [-0.05, 0) is 93.0 Å². The van der Waals surface area contributed by atoms with Gasteiger partial charge in [0.2, 0.25) is 11.8 Å². The van der Waals surface area contributed by atoms with E-state index in [-0.39, 0.29) is 24.1 Å². The summed E-state index contributed by atoms with van der Waals surface area (Å²) in [5.41, 5.74) is 3.11. The van der Waals surface area contributed by atoms with Gasteiger partial charge in [0.1, 0.15) is 11.8 Å². The molecule has 3 amide bonds. The first-order chi connectivity index (χ1) is 18.8. The number of benzene rings is 2. The van der Waals surface area contributed by atoms with Gasteiger partial charge < -0.3 is 14.5 Å². The molecule has 2 fully saturated rings. The van der Waals surface area contributed by atoms with Gasteiger partial charge in [-0.15, -0.1) is 0 Å². The number of amides is 3. The first-order valence-electron chi connectivity index (χ1n) is 13.6. The molecule has 3 aliphatic heterocycles. The van der Waals surface area contributed by atoms with Crippen molar-refractivity contribution < 1.29 is 19.1 Å². The maximum Gasteiger partial charge on any atom is 0.255 e. The quantitative estimate of drug-likeness (QED) is 0.395. The minimum atomic E-state index is -0.595. The van der Waals surface area contributed by atoms with Gasteiger partial charge in [0, 0.05) is 23.6 Å². The lowest BCUT2D eigenvalue weighted by Gasteiger charge is -2.38. The SMILES string of the molecule is COc1ccc(C2(C#N)CCN(CCCCc3cccc4c3CN(C3CCC(=O)NC3=O)C4=O)CC2)c(Cl)c1. The molecule has 0 bridgehead atoms. The van der Waals surface area contributed by atoms with Crippen molar-refractivity contribution in [1.82, 2.24) is 15.1 Å². The Bertz CT molecular complexity index is 1330. The zero-order chi connectivity index (χ0) is 27.6. The van der Waals surface area contributed by atoms with E-state index in [4.69, 9.17) is 16.3 Å². The van der Waals surface area contributed by atoms with E-state index in [9.17, 15) is 19.6 Å². The number of hydrogen-bond acceptors (Lipinski definition) is 6. The average molecular weight is 549 g/mol. The summed E-state index contributed by atoms with van der Waals surface area (Å²) in [4.78, 5) is 41.0. The highest BCUT2D eigenvalue weighted by Crippen LogP contribution is 2.40. The molecule has 1 unspecified atom stereocenters. The van der Waals surface area contributed by atoms with Crippen LogP contribution in [-0.4, -0.2) is 60.3 Å². The van der Waals surface area contributed by atoms with Crippen molar-refractivity contribution in [2.75, 3.05) is 26.7 Å². The third kappa shape index (κ3) is 5.39. The van der Waals surface area contributed by atoms with Crippen molar-refractivity contribution in [3.05, 3.63) is 63.7 Å². The number of nitrogens with zero attached hydrogens (tertiary/aromatic N) is 3. The number of fused-ring (bicyclic) bond motifs is 1. The topological polar surface area (TPSA) is 103 Å². The third-order valence-corrected chi connectivity index (χ3v) is 8.78. The zero-order valence-electron chi connectivity index (χ0n) is 22.2. The van der Waals surface area contributed by atoms with Crippen LogP contribution in [0.15, 0.2) is 36.4 Å². The maximum atomic E-state index is 13.1. The number of nitrogens with one attached hydrogen (secondary N) is 1. The molecule has 1 atom stereocenters. The Morgan fingerprint density at radius 1 is 1.15 bits per heavy atom. The maximum absolute atomic E-state index is 13.1. The number of methoxy groups -OCH3 is 1. The van der Waals surface area contributed by atoms with Crippen LogP contribution in [0.25, 0.3) is 0 Å². The minimum absolute atomic E-state index is 0.132. The summed E-state index contributed by atoms with van der Waals surface area (Å²) in [5.74, 6) is -0.109. The number of likely N-dealkylation sites (tertiary alicyclic amines) is 1. The van der Waals surface area contributed by atoms with E-state index >= 15 is 0 Å². The summed E-state index contributed by atoms with van der Waals surface area (Å²) in [6, 6.07) is 13.3. The molecule has 39 heavy (non-hydrogen) atoms. The number of hydrogen-bond donors (Lipinski definition) is 1. The van der Waals surface area contributed by atoms with Crippen LogP contribution in [0, 0.1) is 11.3 Å². The van der Waals surface area contributed by atoms with Gasteiger partial charge in [0.15, 0.2) is 0 Å². The highest BCUT2D eigenvalue weighted by atomic mass is 35.5. The van der Waals surface area contributed by atoms with Crippen LogP contribution < -0.4 is 10.1 Å². The number of aryl methyl sites for hydroxylation is 1. The van der Waals surface area contributed by atoms with Gasteiger partial charge in [-0.2, -0.15) is 5.26 Å². The second-order valence-corrected chi connectivity index (χ2v) is 11.1. The monoisotopic (exact) mass is 548 g/mol. The molecule has 2 aromatic carbocycles. The molecule has 0 spiro atoms. The predicted octanol–water partition coefficient (Wildman–Crippen LogP) is 3.99. The van der Waals surface area contributed by atoms with Crippen molar-refractivity contribution in [1.29, 1.82) is 5.26 Å². The Balaban J connectivity index is 1.14. The average Bonchev–Trinajstić information content (AvgIpc) is 3.28. The fourth-order valence-corrected chi connectivity index (χ4v) is 6.50. The number of ether oxygens (including phenoxy) is 1. The molecule has 204 valence electrons. The van der Waals surface area contributed by atoms with Crippen LogP contribution in [0.2, 0.25) is 5.02 Å². The largest absolute Gasteiger partial charge is 0.497 e. The fourth-order valence-electron chi connectivity index (χ4n) is 6.15. The van der Waals surface area contributed by atoms with Gasteiger partial charge in [0.05, 0.1) is 18.6 Å². The van der Waals surface area contributed by atoms with Crippen molar-refractivity contribution in [3.8, 4) is 11.8 Å². The lowest BCUT2D eigenvalue weighted by Crippen LogP contribution is -2.52. The summed E-state index contributed by atoms with van der Waals surface area (Å²) >= 11 is 6.52. The highest BCUT2D eigenvalue weighted by Gasteiger charge is 2.40. The molecule has 0 saturated carbocycles. The molecular formula is C30H33ClN4O4. The minimum Gasteiger partial charge on any atom is -0.497 e. The Morgan fingerprint density at radius 3 is 2.64 bits per heavy atom. The summed E-state index contributed by atoms with van der Waals surface area (Å²) < 4.78 is 5.26. The van der Waals surface area contributed by atoms with Crippen LogP contribution in [-0.2, 0) is 28.0 Å². The molecular weight excluding hydrogens is 516 g/mol. The summed E-state index contributed by atoms with van der Waals surface area (Å²) in [6.07, 6.45) is 4.94. The molecule has 3 heterocycles. The van der Waals surface area contributed by atoms with E-state index in [1.165, 1.54) is 0 Å². The second-order valence-electron chi connectivity index (χ2n) is 10.7. The lowest BCUT2D eigenvalue weighted by atomic mass is 9.74. The smallest absolute Gasteiger partial charge is 0.255 e. The van der Waals surface area contributed by atoms with Gasteiger partial charge in [-0.3, -0.25) is 19.7 Å². The van der Waals surface area contributed by atoms with Crippen LogP contribution in [0.1, 0.15) is 65.6 Å². The summed E-state index contributed by atoms with van der Waals surface area (Å²) in [5, 5.41) is 13.0. The molecule has 1 N–H and O–H groups in total. The fraction of sp³-hybridized carbons (Fsp3) is 0.467. The second kappa shape index (κ2) is 11.4. The number of piperidine rings is 2. The number of carbonyl (C=O) groups is 3. The predicted molar refractivity (Wildman–Crippen MR) is 146 cm³/mol. The first-order valence-corrected chi connectivity index (χ1v) is 14.0. The van der Waals surface area contributed by atoms with Crippen LogP contribution in [0.3, 0.4) is 0 Å². The molecule has 5 rings (SSSR count). The van der Waals surface area contributed by atoms with Crippen LogP contribution >= 0.6 is 11.6 Å². The van der Waals surface area contributed by atoms with Crippen LogP contribution in [0.4, 0.5) is 0 Å². The van der Waals surface area contributed by atoms with E-state index < -0.39 is 11.5 Å². The third-order valence-electron chi connectivity index (χ3n) is 8.47. The van der Waals surface area contributed by atoms with E-state index in [0.717, 1.165) is 68.4 Å². The number of unbranched alkanes of at least 4 members (excludes halogenated alkanes) is 1. The molecule has 8 nitrogen and oxygen atoms in total. The summed E-state index contributed by atoms with van der Waals surface area (Å²) in [7, 11) is 1.60. The number of nitriles is 1. The van der Waals surface area contributed by atoms with Crippen LogP contribution in [0.5, 0.6) is 5.75 Å². The highest BCUT2D eigenvalue weighted by molar-refractivity contribution is 6.31. The van der Waals surface area contributed by atoms with Crippen molar-refractivity contribution in [2.45, 2.75) is 62.9 Å². The van der Waals surface area contributed by atoms with Gasteiger partial charge in [-0.25, -0.2) is 0 Å². The molecule has 2 aromatic rings. The number of carbonyl (C=O) groups excluding carboxylic acids is 3. The molecule has 0 aromatic heterocycles. The van der Waals surface area contributed by atoms with E-state index in [1.54, 1.807) is 18.1 Å². The first kappa shape index (κ1) is 27.2. The molecule has 9 heteroatoms. The molecule has 3 aliphatic rings. The molecule has 2 saturated heterocycles. The zero-order valence-corrected chi connectivity index (χ0v) is 22.9. The Labute approximate surface area is 233 Å². The van der Waals surface area contributed by atoms with E-state index in [0.29, 0.717) is 29.3 Å². The van der Waals surface area contributed by atoms with Crippen molar-refractivity contribution in [2.24, 2.45) is 0 Å². The Kier molecular flexibility index (Phi) is 7.92. The van der Waals surface area contributed by atoms with Gasteiger partial charge in [0.25, 0.3) is 5.91 Å². The van der Waals surface area contributed by atoms with Gasteiger partial charge in [-0.1, -0.05) is 29.8 Å². The normalized spacial score (nSPS) is 20.9. The Morgan fingerprint density at radius 2 is 1.95 bits per heavy atom.